The molecule has 0 aliphatic carbocycles. The normalized spacial score (nSPS) is 11.1. The molecule has 0 atom stereocenters. The molecule has 4 heterocycles. The van der Waals surface area contributed by atoms with E-state index in [9.17, 15) is 10.2 Å². The second-order valence-electron chi connectivity index (χ2n) is 6.17. The Bertz CT molecular complexity index is 1130. The SMILES string of the molecule is Oc1cc(-c2ccc(-c3cccs3)s2)c(O)cc1-c1ccc(-c2cccs2)s1. The molecule has 2 nitrogen and oxygen atoms in total. The van der Waals surface area contributed by atoms with Crippen molar-refractivity contribution in [2.45, 2.75) is 0 Å². The first-order valence-corrected chi connectivity index (χ1v) is 11.9. The maximum atomic E-state index is 10.7. The number of hydrogen-bond acceptors (Lipinski definition) is 6. The van der Waals surface area contributed by atoms with Gasteiger partial charge in [0.1, 0.15) is 11.5 Å². The van der Waals surface area contributed by atoms with Crippen LogP contribution in [0.25, 0.3) is 40.4 Å². The highest BCUT2D eigenvalue weighted by molar-refractivity contribution is 7.23. The van der Waals surface area contributed by atoms with Gasteiger partial charge in [-0.05, 0) is 59.3 Å². The van der Waals surface area contributed by atoms with Crippen molar-refractivity contribution in [2.75, 3.05) is 0 Å². The molecule has 0 aliphatic heterocycles. The van der Waals surface area contributed by atoms with Gasteiger partial charge in [0.25, 0.3) is 0 Å². The van der Waals surface area contributed by atoms with Crippen LogP contribution in [0.3, 0.4) is 0 Å². The Morgan fingerprint density at radius 1 is 0.500 bits per heavy atom. The Labute approximate surface area is 178 Å². The summed E-state index contributed by atoms with van der Waals surface area (Å²) < 4.78 is 0. The molecule has 0 amide bonds. The predicted molar refractivity (Wildman–Crippen MR) is 123 cm³/mol. The molecule has 0 radical (unpaired) electrons. The summed E-state index contributed by atoms with van der Waals surface area (Å²) in [6.07, 6.45) is 0. The van der Waals surface area contributed by atoms with E-state index in [1.54, 1.807) is 57.5 Å². The van der Waals surface area contributed by atoms with Crippen molar-refractivity contribution in [3.05, 3.63) is 71.4 Å². The van der Waals surface area contributed by atoms with Gasteiger partial charge < -0.3 is 10.2 Å². The summed E-state index contributed by atoms with van der Waals surface area (Å²) in [6.45, 7) is 0. The first-order valence-electron chi connectivity index (χ1n) is 8.53. The average Bonchev–Trinajstić information content (AvgIpc) is 3.49. The van der Waals surface area contributed by atoms with E-state index in [-0.39, 0.29) is 11.5 Å². The molecule has 5 aromatic rings. The van der Waals surface area contributed by atoms with E-state index in [2.05, 4.69) is 35.0 Å². The van der Waals surface area contributed by atoms with Gasteiger partial charge >= 0.3 is 0 Å². The van der Waals surface area contributed by atoms with Crippen LogP contribution in [0.15, 0.2) is 71.4 Å². The van der Waals surface area contributed by atoms with E-state index in [0.717, 1.165) is 19.5 Å². The maximum absolute atomic E-state index is 10.7. The van der Waals surface area contributed by atoms with Crippen LogP contribution >= 0.6 is 45.3 Å². The van der Waals surface area contributed by atoms with E-state index in [1.165, 1.54) is 9.75 Å². The Morgan fingerprint density at radius 3 is 1.32 bits per heavy atom. The highest BCUT2D eigenvalue weighted by Gasteiger charge is 2.16. The number of benzene rings is 1. The molecule has 0 spiro atoms. The van der Waals surface area contributed by atoms with Crippen molar-refractivity contribution < 1.29 is 10.2 Å². The molecule has 0 bridgehead atoms. The second-order valence-corrected chi connectivity index (χ2v) is 10.2. The third kappa shape index (κ3) is 3.18. The summed E-state index contributed by atoms with van der Waals surface area (Å²) in [4.78, 5) is 6.60. The lowest BCUT2D eigenvalue weighted by Gasteiger charge is -2.08. The highest BCUT2D eigenvalue weighted by atomic mass is 32.1. The molecule has 1 aromatic carbocycles. The maximum Gasteiger partial charge on any atom is 0.125 e. The van der Waals surface area contributed by atoms with Crippen LogP contribution in [0.5, 0.6) is 11.5 Å². The minimum absolute atomic E-state index is 0.179. The molecule has 5 rings (SSSR count). The smallest absolute Gasteiger partial charge is 0.125 e. The number of thiophene rings is 4. The molecule has 0 aliphatic rings. The van der Waals surface area contributed by atoms with E-state index >= 15 is 0 Å². The van der Waals surface area contributed by atoms with Crippen molar-refractivity contribution in [1.82, 2.24) is 0 Å². The number of phenols is 2. The second kappa shape index (κ2) is 7.22. The van der Waals surface area contributed by atoms with Gasteiger partial charge in [0.15, 0.2) is 0 Å². The van der Waals surface area contributed by atoms with Crippen LogP contribution in [-0.2, 0) is 0 Å². The van der Waals surface area contributed by atoms with Crippen molar-refractivity contribution in [2.24, 2.45) is 0 Å². The molecule has 4 aromatic heterocycles. The van der Waals surface area contributed by atoms with Crippen molar-refractivity contribution in [3.8, 4) is 51.9 Å². The summed E-state index contributed by atoms with van der Waals surface area (Å²) in [5.41, 5.74) is 1.31. The van der Waals surface area contributed by atoms with Crippen LogP contribution in [0, 0.1) is 0 Å². The zero-order valence-electron chi connectivity index (χ0n) is 14.5. The zero-order chi connectivity index (χ0) is 19.1. The fraction of sp³-hybridized carbons (Fsp3) is 0. The summed E-state index contributed by atoms with van der Waals surface area (Å²) in [7, 11) is 0. The van der Waals surface area contributed by atoms with Gasteiger partial charge in [0.05, 0.1) is 0 Å². The van der Waals surface area contributed by atoms with Gasteiger partial charge in [-0.2, -0.15) is 0 Å². The quantitative estimate of drug-likeness (QED) is 0.279. The number of rotatable bonds is 4. The Kier molecular flexibility index (Phi) is 4.56. The van der Waals surface area contributed by atoms with Gasteiger partial charge in [-0.15, -0.1) is 45.3 Å². The highest BCUT2D eigenvalue weighted by Crippen LogP contribution is 2.46. The lowest BCUT2D eigenvalue weighted by molar-refractivity contribution is 0.464. The summed E-state index contributed by atoms with van der Waals surface area (Å²) >= 11 is 6.61. The summed E-state index contributed by atoms with van der Waals surface area (Å²) in [5.74, 6) is 0.358. The standard InChI is InChI=1S/C22H14O2S4/c23-15-12-14(18-6-8-22(28-18)20-4-2-10-26-20)16(24)11-13(15)17-5-7-21(27-17)19-3-1-9-25-19/h1-12,23-24H. The molecule has 0 fully saturated rings. The van der Waals surface area contributed by atoms with Crippen molar-refractivity contribution in [3.63, 3.8) is 0 Å². The third-order valence-corrected chi connectivity index (χ3v) is 8.75. The average molecular weight is 439 g/mol. The lowest BCUT2D eigenvalue weighted by Crippen LogP contribution is -1.80. The van der Waals surface area contributed by atoms with E-state index in [1.807, 2.05) is 24.3 Å². The molecule has 0 saturated heterocycles. The number of phenolic OH excluding ortho intramolecular Hbond substituents is 2. The molecule has 28 heavy (non-hydrogen) atoms. The minimum Gasteiger partial charge on any atom is -0.507 e. The Hall–Kier alpha value is -2.38. The molecule has 0 saturated carbocycles. The van der Waals surface area contributed by atoms with E-state index in [4.69, 9.17) is 0 Å². The first-order chi connectivity index (χ1) is 13.7. The Balaban J connectivity index is 1.51. The molecule has 0 unspecified atom stereocenters. The predicted octanol–water partition coefficient (Wildman–Crippen LogP) is 8.01. The van der Waals surface area contributed by atoms with Gasteiger partial charge in [-0.25, -0.2) is 0 Å². The molecular weight excluding hydrogens is 425 g/mol. The zero-order valence-corrected chi connectivity index (χ0v) is 17.7. The van der Waals surface area contributed by atoms with Gasteiger partial charge in [-0.3, -0.25) is 0 Å². The van der Waals surface area contributed by atoms with Crippen molar-refractivity contribution in [1.29, 1.82) is 0 Å². The minimum atomic E-state index is 0.179. The largest absolute Gasteiger partial charge is 0.507 e. The van der Waals surface area contributed by atoms with Crippen LogP contribution in [0.1, 0.15) is 0 Å². The summed E-state index contributed by atoms with van der Waals surface area (Å²) in [6, 6.07) is 19.7. The summed E-state index contributed by atoms with van der Waals surface area (Å²) in [5, 5.41) is 25.4. The molecule has 6 heteroatoms. The third-order valence-electron chi connectivity index (χ3n) is 4.38. The van der Waals surface area contributed by atoms with Gasteiger partial charge in [0, 0.05) is 40.4 Å². The van der Waals surface area contributed by atoms with Crippen LogP contribution in [-0.4, -0.2) is 10.2 Å². The first kappa shape index (κ1) is 17.7. The topological polar surface area (TPSA) is 40.5 Å². The molecular formula is C22H14O2S4. The van der Waals surface area contributed by atoms with Gasteiger partial charge in [0.2, 0.25) is 0 Å². The lowest BCUT2D eigenvalue weighted by atomic mass is 10.1. The fourth-order valence-corrected chi connectivity index (χ4v) is 6.77. The van der Waals surface area contributed by atoms with E-state index < -0.39 is 0 Å². The molecule has 138 valence electrons. The number of aromatic hydroxyl groups is 2. The molecule has 2 N–H and O–H groups in total. The monoisotopic (exact) mass is 438 g/mol. The van der Waals surface area contributed by atoms with Crippen molar-refractivity contribution >= 4 is 45.3 Å². The van der Waals surface area contributed by atoms with Crippen LogP contribution < -0.4 is 0 Å². The van der Waals surface area contributed by atoms with E-state index in [0.29, 0.717) is 11.1 Å². The van der Waals surface area contributed by atoms with Gasteiger partial charge in [-0.1, -0.05) is 12.1 Å². The van der Waals surface area contributed by atoms with Crippen LogP contribution in [0.2, 0.25) is 0 Å². The number of hydrogen-bond donors (Lipinski definition) is 2. The Morgan fingerprint density at radius 2 is 0.929 bits per heavy atom. The van der Waals surface area contributed by atoms with Crippen LogP contribution in [0.4, 0.5) is 0 Å². The fourth-order valence-electron chi connectivity index (χ4n) is 3.04.